The summed E-state index contributed by atoms with van der Waals surface area (Å²) in [5.74, 6) is -0.0251. The van der Waals surface area contributed by atoms with Gasteiger partial charge in [-0.15, -0.1) is 0 Å². The Kier molecular flexibility index (Phi) is 4.16. The topological polar surface area (TPSA) is 69.6 Å². The number of likely N-dealkylation sites (N-methyl/N-ethyl adjacent to an activating group) is 1. The molecule has 0 fully saturated rings. The molecule has 1 aliphatic heterocycles. The molecule has 0 atom stereocenters. The predicted octanol–water partition coefficient (Wildman–Crippen LogP) is 0.564. The zero-order valence-corrected chi connectivity index (χ0v) is 11.0. The third-order valence-corrected chi connectivity index (χ3v) is 3.28. The Hall–Kier alpha value is -1.88. The molecule has 1 aromatic carbocycles. The van der Waals surface area contributed by atoms with Crippen LogP contribution in [0.4, 0.5) is 5.69 Å². The smallest absolute Gasteiger partial charge is 0.228 e. The maximum Gasteiger partial charge on any atom is 0.228 e. The SMILES string of the molecule is CN(CCc1ccc2c(c1)CC(=O)N2)C(=O)CCO. The maximum atomic E-state index is 11.5. The minimum absolute atomic E-state index is 0.0300. The normalized spacial score (nSPS) is 13.1. The van der Waals surface area contributed by atoms with Crippen LogP contribution in [-0.4, -0.2) is 42.0 Å². The van der Waals surface area contributed by atoms with Crippen LogP contribution in [0.3, 0.4) is 0 Å². The van der Waals surface area contributed by atoms with Crippen molar-refractivity contribution in [2.45, 2.75) is 19.3 Å². The Labute approximate surface area is 112 Å². The second kappa shape index (κ2) is 5.84. The summed E-state index contributed by atoms with van der Waals surface area (Å²) < 4.78 is 0. The fourth-order valence-electron chi connectivity index (χ4n) is 2.15. The number of fused-ring (bicyclic) bond motifs is 1. The molecule has 0 unspecified atom stereocenters. The number of nitrogens with zero attached hydrogens (tertiary/aromatic N) is 1. The van der Waals surface area contributed by atoms with Gasteiger partial charge in [0.25, 0.3) is 0 Å². The number of hydrogen-bond acceptors (Lipinski definition) is 3. The van der Waals surface area contributed by atoms with Crippen LogP contribution in [0.1, 0.15) is 17.5 Å². The molecule has 1 aliphatic rings. The first kappa shape index (κ1) is 13.5. The van der Waals surface area contributed by atoms with Crippen LogP contribution >= 0.6 is 0 Å². The minimum Gasteiger partial charge on any atom is -0.396 e. The van der Waals surface area contributed by atoms with Gasteiger partial charge in [0, 0.05) is 25.7 Å². The molecule has 0 aromatic heterocycles. The summed E-state index contributed by atoms with van der Waals surface area (Å²) in [5.41, 5.74) is 3.02. The van der Waals surface area contributed by atoms with E-state index >= 15 is 0 Å². The second-order valence-electron chi connectivity index (χ2n) is 4.76. The van der Waals surface area contributed by atoms with Crippen molar-refractivity contribution in [3.8, 4) is 0 Å². The van der Waals surface area contributed by atoms with Crippen molar-refractivity contribution in [2.75, 3.05) is 25.5 Å². The number of benzene rings is 1. The molecular weight excluding hydrogens is 244 g/mol. The largest absolute Gasteiger partial charge is 0.396 e. The fourth-order valence-corrected chi connectivity index (χ4v) is 2.15. The highest BCUT2D eigenvalue weighted by Gasteiger charge is 2.17. The van der Waals surface area contributed by atoms with Crippen molar-refractivity contribution in [1.29, 1.82) is 0 Å². The van der Waals surface area contributed by atoms with E-state index in [4.69, 9.17) is 5.11 Å². The molecule has 2 rings (SSSR count). The third-order valence-electron chi connectivity index (χ3n) is 3.28. The molecule has 0 spiro atoms. The monoisotopic (exact) mass is 262 g/mol. The molecule has 0 saturated heterocycles. The number of rotatable bonds is 5. The van der Waals surface area contributed by atoms with Crippen LogP contribution in [0, 0.1) is 0 Å². The van der Waals surface area contributed by atoms with Gasteiger partial charge in [0.2, 0.25) is 11.8 Å². The molecule has 1 heterocycles. The van der Waals surface area contributed by atoms with E-state index in [0.717, 1.165) is 23.2 Å². The molecule has 0 saturated carbocycles. The van der Waals surface area contributed by atoms with Crippen molar-refractivity contribution in [3.05, 3.63) is 29.3 Å². The summed E-state index contributed by atoms with van der Waals surface area (Å²) in [6.45, 7) is 0.495. The number of hydrogen-bond donors (Lipinski definition) is 2. The Bertz CT molecular complexity index is 499. The molecule has 1 aromatic rings. The average molecular weight is 262 g/mol. The highest BCUT2D eigenvalue weighted by Crippen LogP contribution is 2.24. The predicted molar refractivity (Wildman–Crippen MR) is 71.8 cm³/mol. The van der Waals surface area contributed by atoms with E-state index in [2.05, 4.69) is 5.32 Å². The van der Waals surface area contributed by atoms with Gasteiger partial charge < -0.3 is 15.3 Å². The second-order valence-corrected chi connectivity index (χ2v) is 4.76. The Morgan fingerprint density at radius 1 is 1.47 bits per heavy atom. The number of carbonyl (C=O) groups excluding carboxylic acids is 2. The molecule has 2 N–H and O–H groups in total. The summed E-state index contributed by atoms with van der Waals surface area (Å²) in [4.78, 5) is 24.4. The third kappa shape index (κ3) is 3.32. The first-order valence-corrected chi connectivity index (χ1v) is 6.36. The van der Waals surface area contributed by atoms with Gasteiger partial charge in [0.1, 0.15) is 0 Å². The van der Waals surface area contributed by atoms with E-state index in [1.165, 1.54) is 0 Å². The molecular formula is C14H18N2O3. The molecule has 5 heteroatoms. The first-order chi connectivity index (χ1) is 9.10. The summed E-state index contributed by atoms with van der Waals surface area (Å²) in [6.07, 6.45) is 1.34. The van der Waals surface area contributed by atoms with Crippen molar-refractivity contribution in [2.24, 2.45) is 0 Å². The van der Waals surface area contributed by atoms with Crippen molar-refractivity contribution < 1.29 is 14.7 Å². The van der Waals surface area contributed by atoms with E-state index in [-0.39, 0.29) is 24.8 Å². The Morgan fingerprint density at radius 3 is 3.00 bits per heavy atom. The first-order valence-electron chi connectivity index (χ1n) is 6.36. The van der Waals surface area contributed by atoms with Crippen LogP contribution in [0.5, 0.6) is 0 Å². The molecule has 102 valence electrons. The van der Waals surface area contributed by atoms with Crippen molar-refractivity contribution in [3.63, 3.8) is 0 Å². The van der Waals surface area contributed by atoms with Crippen LogP contribution in [0.15, 0.2) is 18.2 Å². The summed E-state index contributed by atoms with van der Waals surface area (Å²) in [6, 6.07) is 5.89. The van der Waals surface area contributed by atoms with Crippen molar-refractivity contribution >= 4 is 17.5 Å². The Morgan fingerprint density at radius 2 is 2.26 bits per heavy atom. The lowest BCUT2D eigenvalue weighted by molar-refractivity contribution is -0.130. The highest BCUT2D eigenvalue weighted by atomic mass is 16.3. The number of anilines is 1. The molecule has 2 amide bonds. The van der Waals surface area contributed by atoms with E-state index in [1.54, 1.807) is 11.9 Å². The van der Waals surface area contributed by atoms with E-state index in [9.17, 15) is 9.59 Å². The fraction of sp³-hybridized carbons (Fsp3) is 0.429. The number of aliphatic hydroxyl groups is 1. The maximum absolute atomic E-state index is 11.5. The van der Waals surface area contributed by atoms with Gasteiger partial charge in [-0.2, -0.15) is 0 Å². The molecule has 0 aliphatic carbocycles. The molecule has 19 heavy (non-hydrogen) atoms. The Balaban J connectivity index is 1.92. The van der Waals surface area contributed by atoms with Crippen LogP contribution in [0.2, 0.25) is 0 Å². The van der Waals surface area contributed by atoms with E-state index < -0.39 is 0 Å². The quantitative estimate of drug-likeness (QED) is 0.815. The van der Waals surface area contributed by atoms with E-state index in [1.807, 2.05) is 18.2 Å². The standard InChI is InChI=1S/C14H18N2O3/c1-16(14(19)5-7-17)6-4-10-2-3-12-11(8-10)9-13(18)15-12/h2-3,8,17H,4-7,9H2,1H3,(H,15,18). The number of nitrogens with one attached hydrogen (secondary N) is 1. The zero-order valence-electron chi connectivity index (χ0n) is 11.0. The van der Waals surface area contributed by atoms with Crippen LogP contribution in [-0.2, 0) is 22.4 Å². The van der Waals surface area contributed by atoms with Gasteiger partial charge >= 0.3 is 0 Å². The zero-order chi connectivity index (χ0) is 13.8. The van der Waals surface area contributed by atoms with Gasteiger partial charge in [-0.3, -0.25) is 9.59 Å². The highest BCUT2D eigenvalue weighted by molar-refractivity contribution is 5.99. The number of aliphatic hydroxyl groups excluding tert-OH is 1. The number of amides is 2. The van der Waals surface area contributed by atoms with Gasteiger partial charge in [-0.1, -0.05) is 12.1 Å². The van der Waals surface area contributed by atoms with Gasteiger partial charge in [-0.25, -0.2) is 0 Å². The number of carbonyl (C=O) groups is 2. The average Bonchev–Trinajstić information content (AvgIpc) is 2.75. The lowest BCUT2D eigenvalue weighted by atomic mass is 10.1. The van der Waals surface area contributed by atoms with Crippen molar-refractivity contribution in [1.82, 2.24) is 4.90 Å². The van der Waals surface area contributed by atoms with Gasteiger partial charge in [0.05, 0.1) is 13.0 Å². The van der Waals surface area contributed by atoms with Crippen LogP contribution < -0.4 is 5.32 Å². The lowest BCUT2D eigenvalue weighted by Gasteiger charge is -2.16. The molecule has 5 nitrogen and oxygen atoms in total. The van der Waals surface area contributed by atoms with Gasteiger partial charge in [-0.05, 0) is 23.6 Å². The van der Waals surface area contributed by atoms with Crippen LogP contribution in [0.25, 0.3) is 0 Å². The minimum atomic E-state index is -0.115. The lowest BCUT2D eigenvalue weighted by Crippen LogP contribution is -2.29. The van der Waals surface area contributed by atoms with E-state index in [0.29, 0.717) is 13.0 Å². The summed E-state index contributed by atoms with van der Waals surface area (Å²) in [5, 5.41) is 11.5. The summed E-state index contributed by atoms with van der Waals surface area (Å²) in [7, 11) is 1.73. The molecule has 0 bridgehead atoms. The van der Waals surface area contributed by atoms with Gasteiger partial charge in [0.15, 0.2) is 0 Å². The summed E-state index contributed by atoms with van der Waals surface area (Å²) >= 11 is 0. The molecule has 0 radical (unpaired) electrons.